The number of hydrogen-bond donors (Lipinski definition) is 0. The highest BCUT2D eigenvalue weighted by atomic mass is 16.1. The van der Waals surface area contributed by atoms with Gasteiger partial charge < -0.3 is 0 Å². The van der Waals surface area contributed by atoms with Gasteiger partial charge in [0.05, 0.1) is 6.54 Å². The molecule has 1 unspecified atom stereocenters. The van der Waals surface area contributed by atoms with Gasteiger partial charge in [0.15, 0.2) is 0 Å². The lowest BCUT2D eigenvalue weighted by molar-refractivity contribution is -0.117. The Bertz CT molecular complexity index is 442. The predicted molar refractivity (Wildman–Crippen MR) is 97.5 cm³/mol. The first kappa shape index (κ1) is 18.2. The van der Waals surface area contributed by atoms with Crippen LogP contribution in [0, 0.1) is 0 Å². The highest BCUT2D eigenvalue weighted by molar-refractivity contribution is 5.83. The minimum atomic E-state index is 0.422. The van der Waals surface area contributed by atoms with Crippen molar-refractivity contribution < 1.29 is 4.79 Å². The van der Waals surface area contributed by atoms with Crippen molar-refractivity contribution in [2.75, 3.05) is 6.54 Å². The minimum Gasteiger partial charge on any atom is -0.298 e. The second-order valence-corrected chi connectivity index (χ2v) is 7.05. The molecule has 1 heterocycles. The molecule has 2 rings (SSSR count). The lowest BCUT2D eigenvalue weighted by atomic mass is 10.0. The summed E-state index contributed by atoms with van der Waals surface area (Å²) in [5.74, 6) is 0.422. The van der Waals surface area contributed by atoms with Crippen molar-refractivity contribution in [3.8, 4) is 0 Å². The highest BCUT2D eigenvalue weighted by Crippen LogP contribution is 2.23. The zero-order chi connectivity index (χ0) is 16.3. The van der Waals surface area contributed by atoms with Crippen molar-refractivity contribution in [2.45, 2.75) is 83.7 Å². The SMILES string of the molecule is CCCCCCCCCCC1CC(=O)CN1Cc1ccccc1. The van der Waals surface area contributed by atoms with E-state index in [2.05, 4.69) is 42.2 Å². The van der Waals surface area contributed by atoms with Crippen LogP contribution in [0.5, 0.6) is 0 Å². The molecule has 1 aromatic carbocycles. The van der Waals surface area contributed by atoms with E-state index in [9.17, 15) is 4.79 Å². The van der Waals surface area contributed by atoms with Gasteiger partial charge in [0.2, 0.25) is 0 Å². The Labute approximate surface area is 142 Å². The Morgan fingerprint density at radius 1 is 0.957 bits per heavy atom. The highest BCUT2D eigenvalue weighted by Gasteiger charge is 2.29. The van der Waals surface area contributed by atoms with Gasteiger partial charge in [-0.1, -0.05) is 88.6 Å². The van der Waals surface area contributed by atoms with Gasteiger partial charge in [0.1, 0.15) is 5.78 Å². The molecule has 1 aliphatic heterocycles. The lowest BCUT2D eigenvalue weighted by Crippen LogP contribution is -2.29. The predicted octanol–water partition coefficient (Wildman–Crippen LogP) is 5.36. The fraction of sp³-hybridized carbons (Fsp3) is 0.667. The maximum absolute atomic E-state index is 11.8. The Morgan fingerprint density at radius 2 is 1.61 bits per heavy atom. The first-order chi connectivity index (χ1) is 11.3. The summed E-state index contributed by atoms with van der Waals surface area (Å²) in [4.78, 5) is 14.2. The smallest absolute Gasteiger partial charge is 0.148 e. The second kappa shape index (κ2) is 10.6. The number of carbonyl (C=O) groups excluding carboxylic acids is 1. The standard InChI is InChI=1S/C21H33NO/c1-2-3-4-5-6-7-8-12-15-20-16-21(23)18-22(20)17-19-13-10-9-11-14-19/h9-11,13-14,20H,2-8,12,15-18H2,1H3. The quantitative estimate of drug-likeness (QED) is 0.512. The van der Waals surface area contributed by atoms with E-state index < -0.39 is 0 Å². The maximum Gasteiger partial charge on any atom is 0.148 e. The van der Waals surface area contributed by atoms with Crippen molar-refractivity contribution in [3.05, 3.63) is 35.9 Å². The molecule has 0 N–H and O–H groups in total. The zero-order valence-electron chi connectivity index (χ0n) is 14.8. The van der Waals surface area contributed by atoms with Crippen LogP contribution in [0.15, 0.2) is 30.3 Å². The normalized spacial score (nSPS) is 18.7. The Kier molecular flexibility index (Phi) is 8.38. The van der Waals surface area contributed by atoms with Crippen molar-refractivity contribution >= 4 is 5.78 Å². The molecule has 0 aromatic heterocycles. The van der Waals surface area contributed by atoms with Crippen LogP contribution in [0.3, 0.4) is 0 Å². The number of hydrogen-bond acceptors (Lipinski definition) is 2. The van der Waals surface area contributed by atoms with Crippen molar-refractivity contribution in [1.29, 1.82) is 0 Å². The Balaban J connectivity index is 1.64. The van der Waals surface area contributed by atoms with Crippen LogP contribution >= 0.6 is 0 Å². The van der Waals surface area contributed by atoms with Crippen molar-refractivity contribution in [3.63, 3.8) is 0 Å². The van der Waals surface area contributed by atoms with Crippen LogP contribution in [0.2, 0.25) is 0 Å². The molecular weight excluding hydrogens is 282 g/mol. The van der Waals surface area contributed by atoms with Crippen LogP contribution in [-0.4, -0.2) is 23.3 Å². The van der Waals surface area contributed by atoms with Crippen LogP contribution < -0.4 is 0 Å². The molecule has 0 radical (unpaired) electrons. The molecular formula is C21H33NO. The number of ketones is 1. The summed E-state index contributed by atoms with van der Waals surface area (Å²) < 4.78 is 0. The third-order valence-electron chi connectivity index (χ3n) is 4.98. The van der Waals surface area contributed by atoms with E-state index >= 15 is 0 Å². The molecule has 1 fully saturated rings. The molecule has 0 spiro atoms. The third-order valence-corrected chi connectivity index (χ3v) is 4.98. The van der Waals surface area contributed by atoms with Crippen LogP contribution in [0.25, 0.3) is 0 Å². The molecule has 2 heteroatoms. The molecule has 1 aliphatic rings. The molecule has 0 aliphatic carbocycles. The molecule has 23 heavy (non-hydrogen) atoms. The number of Topliss-reactive ketones (excluding diaryl/α,β-unsaturated/α-hetero) is 1. The Hall–Kier alpha value is -1.15. The zero-order valence-corrected chi connectivity index (χ0v) is 14.8. The summed E-state index contributed by atoms with van der Waals surface area (Å²) in [6.07, 6.45) is 12.8. The molecule has 128 valence electrons. The number of nitrogens with zero attached hydrogens (tertiary/aromatic N) is 1. The number of benzene rings is 1. The van der Waals surface area contributed by atoms with E-state index in [1.54, 1.807) is 0 Å². The summed E-state index contributed by atoms with van der Waals surface area (Å²) in [6, 6.07) is 11.0. The first-order valence-corrected chi connectivity index (χ1v) is 9.59. The average Bonchev–Trinajstić information content (AvgIpc) is 2.90. The number of likely N-dealkylation sites (tertiary alicyclic amines) is 1. The molecule has 0 bridgehead atoms. The van der Waals surface area contributed by atoms with Gasteiger partial charge in [0, 0.05) is 19.0 Å². The molecule has 0 amide bonds. The topological polar surface area (TPSA) is 20.3 Å². The van der Waals surface area contributed by atoms with Crippen molar-refractivity contribution in [2.24, 2.45) is 0 Å². The summed E-state index contributed by atoms with van der Waals surface area (Å²) in [5.41, 5.74) is 1.32. The van der Waals surface area contributed by atoms with E-state index in [4.69, 9.17) is 0 Å². The largest absolute Gasteiger partial charge is 0.298 e. The fourth-order valence-electron chi connectivity index (χ4n) is 3.61. The molecule has 0 saturated carbocycles. The van der Waals surface area contributed by atoms with E-state index in [-0.39, 0.29) is 0 Å². The van der Waals surface area contributed by atoms with Crippen LogP contribution in [-0.2, 0) is 11.3 Å². The number of unbranched alkanes of at least 4 members (excludes halogenated alkanes) is 7. The van der Waals surface area contributed by atoms with E-state index in [1.165, 1.54) is 63.4 Å². The third kappa shape index (κ3) is 6.87. The number of rotatable bonds is 11. The van der Waals surface area contributed by atoms with Crippen molar-refractivity contribution in [1.82, 2.24) is 4.90 Å². The fourth-order valence-corrected chi connectivity index (χ4v) is 3.61. The monoisotopic (exact) mass is 315 g/mol. The van der Waals surface area contributed by atoms with Gasteiger partial charge in [-0.3, -0.25) is 9.69 Å². The summed E-state index contributed by atoms with van der Waals surface area (Å²) in [5, 5.41) is 0. The first-order valence-electron chi connectivity index (χ1n) is 9.59. The van der Waals surface area contributed by atoms with Gasteiger partial charge in [-0.25, -0.2) is 0 Å². The second-order valence-electron chi connectivity index (χ2n) is 7.05. The molecule has 2 nitrogen and oxygen atoms in total. The maximum atomic E-state index is 11.8. The lowest BCUT2D eigenvalue weighted by Gasteiger charge is -2.23. The van der Waals surface area contributed by atoms with E-state index in [0.29, 0.717) is 18.4 Å². The van der Waals surface area contributed by atoms with Crippen LogP contribution in [0.1, 0.15) is 76.7 Å². The molecule has 1 aromatic rings. The summed E-state index contributed by atoms with van der Waals surface area (Å²) in [7, 11) is 0. The van der Waals surface area contributed by atoms with E-state index in [1.807, 2.05) is 0 Å². The Morgan fingerprint density at radius 3 is 2.30 bits per heavy atom. The summed E-state index contributed by atoms with van der Waals surface area (Å²) in [6.45, 7) is 3.84. The molecule has 1 atom stereocenters. The van der Waals surface area contributed by atoms with Gasteiger partial charge in [0.25, 0.3) is 0 Å². The van der Waals surface area contributed by atoms with Gasteiger partial charge in [-0.15, -0.1) is 0 Å². The average molecular weight is 316 g/mol. The number of carbonyl (C=O) groups is 1. The van der Waals surface area contributed by atoms with E-state index in [0.717, 1.165) is 13.0 Å². The summed E-state index contributed by atoms with van der Waals surface area (Å²) >= 11 is 0. The minimum absolute atomic E-state index is 0.422. The van der Waals surface area contributed by atoms with Gasteiger partial charge >= 0.3 is 0 Å². The van der Waals surface area contributed by atoms with Gasteiger partial charge in [-0.2, -0.15) is 0 Å². The molecule has 1 saturated heterocycles. The van der Waals surface area contributed by atoms with Crippen LogP contribution in [0.4, 0.5) is 0 Å². The van der Waals surface area contributed by atoms with Gasteiger partial charge in [-0.05, 0) is 12.0 Å².